The first kappa shape index (κ1) is 20.8. The number of ether oxygens (including phenoxy) is 1. The molecular weight excluding hydrogens is 418 g/mol. The number of thiazole rings is 1. The number of nitrogens with zero attached hydrogens (tertiary/aromatic N) is 2. The molecular formula is C23H24ClN3O2S. The number of para-hydroxylation sites is 1. The van der Waals surface area contributed by atoms with Gasteiger partial charge >= 0.3 is 0 Å². The molecule has 1 aliphatic rings. The van der Waals surface area contributed by atoms with Crippen LogP contribution in [0.3, 0.4) is 0 Å². The summed E-state index contributed by atoms with van der Waals surface area (Å²) < 4.78 is 5.72. The van der Waals surface area contributed by atoms with Gasteiger partial charge in [0, 0.05) is 22.6 Å². The molecule has 1 aromatic heterocycles. The lowest BCUT2D eigenvalue weighted by Gasteiger charge is -2.17. The Morgan fingerprint density at radius 3 is 2.70 bits per heavy atom. The Bertz CT molecular complexity index is 984. The zero-order valence-corrected chi connectivity index (χ0v) is 18.2. The molecule has 0 saturated carbocycles. The molecule has 5 nitrogen and oxygen atoms in total. The lowest BCUT2D eigenvalue weighted by Crippen LogP contribution is -2.21. The number of carbonyl (C=O) groups excluding carboxylic acids is 1. The highest BCUT2D eigenvalue weighted by Crippen LogP contribution is 2.21. The number of amides is 1. The predicted octanol–water partition coefficient (Wildman–Crippen LogP) is 5.15. The van der Waals surface area contributed by atoms with Crippen molar-refractivity contribution in [2.75, 3.05) is 18.4 Å². The molecule has 7 heteroatoms. The van der Waals surface area contributed by atoms with Crippen LogP contribution in [0.5, 0.6) is 5.75 Å². The van der Waals surface area contributed by atoms with E-state index in [1.165, 1.54) is 24.2 Å². The van der Waals surface area contributed by atoms with Gasteiger partial charge in [-0.15, -0.1) is 11.3 Å². The fourth-order valence-corrected chi connectivity index (χ4v) is 4.32. The van der Waals surface area contributed by atoms with Gasteiger partial charge < -0.3 is 10.1 Å². The van der Waals surface area contributed by atoms with Crippen molar-refractivity contribution >= 4 is 34.5 Å². The van der Waals surface area contributed by atoms with E-state index in [-0.39, 0.29) is 12.3 Å². The molecule has 4 rings (SSSR count). The monoisotopic (exact) mass is 441 g/mol. The van der Waals surface area contributed by atoms with Crippen LogP contribution < -0.4 is 10.1 Å². The van der Waals surface area contributed by atoms with E-state index in [1.807, 2.05) is 35.7 Å². The first-order chi connectivity index (χ1) is 14.7. The quantitative estimate of drug-likeness (QED) is 0.525. The van der Waals surface area contributed by atoms with Gasteiger partial charge in [0.15, 0.2) is 0 Å². The number of anilines is 1. The summed E-state index contributed by atoms with van der Waals surface area (Å²) in [5, 5.41) is 6.48. The van der Waals surface area contributed by atoms with Crippen LogP contribution in [0.4, 0.5) is 5.69 Å². The second-order valence-electron chi connectivity index (χ2n) is 7.34. The van der Waals surface area contributed by atoms with Gasteiger partial charge in [0.2, 0.25) is 5.91 Å². The van der Waals surface area contributed by atoms with E-state index in [9.17, 15) is 4.79 Å². The van der Waals surface area contributed by atoms with E-state index in [4.69, 9.17) is 16.3 Å². The van der Waals surface area contributed by atoms with Crippen LogP contribution in [0.15, 0.2) is 53.9 Å². The second-order valence-corrected chi connectivity index (χ2v) is 8.72. The first-order valence-electron chi connectivity index (χ1n) is 10.1. The van der Waals surface area contributed by atoms with Gasteiger partial charge in [-0.2, -0.15) is 0 Å². The van der Waals surface area contributed by atoms with Crippen molar-refractivity contribution in [1.82, 2.24) is 9.88 Å². The molecule has 1 saturated heterocycles. The minimum atomic E-state index is -0.0562. The lowest BCUT2D eigenvalue weighted by molar-refractivity contribution is -0.115. The van der Waals surface area contributed by atoms with Crippen LogP contribution >= 0.6 is 22.9 Å². The molecule has 0 unspecified atom stereocenters. The third-order valence-electron chi connectivity index (χ3n) is 5.00. The van der Waals surface area contributed by atoms with Crippen molar-refractivity contribution < 1.29 is 9.53 Å². The molecule has 156 valence electrons. The highest BCUT2D eigenvalue weighted by molar-refractivity contribution is 7.09. The largest absolute Gasteiger partial charge is 0.486 e. The minimum absolute atomic E-state index is 0.0562. The summed E-state index contributed by atoms with van der Waals surface area (Å²) in [6, 6.07) is 15.3. The third kappa shape index (κ3) is 5.81. The molecule has 0 aliphatic carbocycles. The van der Waals surface area contributed by atoms with E-state index in [2.05, 4.69) is 21.3 Å². The predicted molar refractivity (Wildman–Crippen MR) is 121 cm³/mol. The van der Waals surface area contributed by atoms with Crippen molar-refractivity contribution in [2.24, 2.45) is 0 Å². The fraction of sp³-hybridized carbons (Fsp3) is 0.304. The van der Waals surface area contributed by atoms with Gasteiger partial charge in [-0.3, -0.25) is 9.69 Å². The number of benzene rings is 2. The van der Waals surface area contributed by atoms with Crippen LogP contribution in [-0.4, -0.2) is 28.9 Å². The van der Waals surface area contributed by atoms with Crippen LogP contribution in [0.2, 0.25) is 5.02 Å². The summed E-state index contributed by atoms with van der Waals surface area (Å²) in [4.78, 5) is 19.5. The molecule has 1 aliphatic heterocycles. The average Bonchev–Trinajstić information content (AvgIpc) is 3.41. The van der Waals surface area contributed by atoms with Crippen molar-refractivity contribution in [1.29, 1.82) is 0 Å². The zero-order valence-electron chi connectivity index (χ0n) is 16.6. The molecule has 2 aromatic carbocycles. The second kappa shape index (κ2) is 10.1. The molecule has 1 amide bonds. The average molecular weight is 442 g/mol. The summed E-state index contributed by atoms with van der Waals surface area (Å²) in [5.41, 5.74) is 2.79. The highest BCUT2D eigenvalue weighted by Gasteiger charge is 2.15. The SMILES string of the molecule is O=C(Cc1csc(COc2ccc(Cl)cc2)n1)Nc1ccccc1CN1CCCC1. The molecule has 0 spiro atoms. The van der Waals surface area contributed by atoms with E-state index < -0.39 is 0 Å². The molecule has 0 bridgehead atoms. The topological polar surface area (TPSA) is 54.5 Å². The maximum atomic E-state index is 12.6. The van der Waals surface area contributed by atoms with Crippen LogP contribution in [0.25, 0.3) is 0 Å². The van der Waals surface area contributed by atoms with Gasteiger partial charge in [-0.05, 0) is 61.8 Å². The summed E-state index contributed by atoms with van der Waals surface area (Å²) in [5.74, 6) is 0.683. The van der Waals surface area contributed by atoms with Crippen LogP contribution in [0.1, 0.15) is 29.1 Å². The summed E-state index contributed by atoms with van der Waals surface area (Å²) >= 11 is 7.38. The number of aromatic nitrogens is 1. The molecule has 3 aromatic rings. The van der Waals surface area contributed by atoms with Crippen molar-refractivity contribution in [3.05, 3.63) is 75.2 Å². The molecule has 1 fully saturated rings. The Hall–Kier alpha value is -2.41. The van der Waals surface area contributed by atoms with Crippen LogP contribution in [-0.2, 0) is 24.4 Å². The maximum Gasteiger partial charge on any atom is 0.230 e. The Morgan fingerprint density at radius 2 is 1.90 bits per heavy atom. The van der Waals surface area contributed by atoms with Crippen molar-refractivity contribution in [3.63, 3.8) is 0 Å². The van der Waals surface area contributed by atoms with Crippen molar-refractivity contribution in [2.45, 2.75) is 32.4 Å². The molecule has 0 radical (unpaired) electrons. The number of nitrogens with one attached hydrogen (secondary N) is 1. The highest BCUT2D eigenvalue weighted by atomic mass is 35.5. The smallest absolute Gasteiger partial charge is 0.230 e. The number of carbonyl (C=O) groups is 1. The number of rotatable bonds is 8. The van der Waals surface area contributed by atoms with Crippen molar-refractivity contribution in [3.8, 4) is 5.75 Å². The number of likely N-dealkylation sites (tertiary alicyclic amines) is 1. The first-order valence-corrected chi connectivity index (χ1v) is 11.3. The van der Waals surface area contributed by atoms with E-state index in [1.54, 1.807) is 12.1 Å². The van der Waals surface area contributed by atoms with E-state index in [0.29, 0.717) is 11.6 Å². The maximum absolute atomic E-state index is 12.6. The number of hydrogen-bond donors (Lipinski definition) is 1. The third-order valence-corrected chi connectivity index (χ3v) is 6.12. The Kier molecular flexibility index (Phi) is 7.00. The fourth-order valence-electron chi connectivity index (χ4n) is 3.49. The zero-order chi connectivity index (χ0) is 20.8. The van der Waals surface area contributed by atoms with E-state index in [0.717, 1.165) is 47.3 Å². The van der Waals surface area contributed by atoms with Crippen LogP contribution in [0, 0.1) is 0 Å². The lowest BCUT2D eigenvalue weighted by atomic mass is 10.1. The Balaban J connectivity index is 1.31. The van der Waals surface area contributed by atoms with Gasteiger partial charge in [0.25, 0.3) is 0 Å². The number of hydrogen-bond acceptors (Lipinski definition) is 5. The normalized spacial score (nSPS) is 14.0. The molecule has 30 heavy (non-hydrogen) atoms. The molecule has 1 N–H and O–H groups in total. The van der Waals surface area contributed by atoms with Gasteiger partial charge in [-0.1, -0.05) is 29.8 Å². The van der Waals surface area contributed by atoms with E-state index >= 15 is 0 Å². The van der Waals surface area contributed by atoms with Gasteiger partial charge in [0.1, 0.15) is 17.4 Å². The standard InChI is InChI=1S/C23H24ClN3O2S/c24-18-7-9-20(10-8-18)29-15-23-25-19(16-30-23)13-22(28)26-21-6-2-1-5-17(21)14-27-11-3-4-12-27/h1-2,5-10,16H,3-4,11-15H2,(H,26,28). The van der Waals surface area contributed by atoms with Gasteiger partial charge in [0.05, 0.1) is 12.1 Å². The molecule has 0 atom stereocenters. The number of halogens is 1. The minimum Gasteiger partial charge on any atom is -0.486 e. The van der Waals surface area contributed by atoms with Gasteiger partial charge in [-0.25, -0.2) is 4.98 Å². The summed E-state index contributed by atoms with van der Waals surface area (Å²) in [6.07, 6.45) is 2.75. The molecule has 2 heterocycles. The summed E-state index contributed by atoms with van der Waals surface area (Å²) in [7, 11) is 0. The summed E-state index contributed by atoms with van der Waals surface area (Å²) in [6.45, 7) is 3.50. The Labute approximate surface area is 185 Å². The Morgan fingerprint density at radius 1 is 1.13 bits per heavy atom.